The quantitative estimate of drug-likeness (QED) is 0.884. The zero-order chi connectivity index (χ0) is 12.8. The molecule has 0 fully saturated rings. The van der Waals surface area contributed by atoms with Crippen molar-refractivity contribution in [3.8, 4) is 0 Å². The monoisotopic (exact) mass is 302 g/mol. The summed E-state index contributed by atoms with van der Waals surface area (Å²) in [6.07, 6.45) is 0.165. The third kappa shape index (κ3) is 4.14. The first-order chi connectivity index (χ1) is 8.04. The van der Waals surface area contributed by atoms with Gasteiger partial charge in [-0.2, -0.15) is 0 Å². The van der Waals surface area contributed by atoms with Crippen molar-refractivity contribution < 1.29 is 14.0 Å². The highest BCUT2D eigenvalue weighted by Gasteiger charge is 2.11. The van der Waals surface area contributed by atoms with Crippen molar-refractivity contribution in [3.63, 3.8) is 0 Å². The molecule has 1 aromatic rings. The van der Waals surface area contributed by atoms with Crippen LogP contribution in [-0.4, -0.2) is 25.4 Å². The third-order valence-corrected chi connectivity index (χ3v) is 2.58. The Hall–Kier alpha value is -1.43. The predicted octanol–water partition coefficient (Wildman–Crippen LogP) is 1.45. The number of amides is 2. The van der Waals surface area contributed by atoms with Crippen molar-refractivity contribution in [1.29, 1.82) is 0 Å². The highest BCUT2D eigenvalue weighted by atomic mass is 79.9. The molecule has 6 heteroatoms. The molecule has 17 heavy (non-hydrogen) atoms. The third-order valence-electron chi connectivity index (χ3n) is 2.09. The molecule has 2 N–H and O–H groups in total. The fourth-order valence-electron chi connectivity index (χ4n) is 1.18. The highest BCUT2D eigenvalue weighted by Crippen LogP contribution is 2.15. The molecule has 0 unspecified atom stereocenters. The Bertz CT molecular complexity index is 437. The van der Waals surface area contributed by atoms with E-state index in [0.717, 1.165) is 0 Å². The maximum absolute atomic E-state index is 13.3. The Morgan fingerprint density at radius 2 is 2.12 bits per heavy atom. The molecular weight excluding hydrogens is 291 g/mol. The number of hydrogen-bond acceptors (Lipinski definition) is 2. The van der Waals surface area contributed by atoms with Gasteiger partial charge in [0.05, 0.1) is 5.56 Å². The van der Waals surface area contributed by atoms with Gasteiger partial charge in [0, 0.05) is 24.5 Å². The first-order valence-electron chi connectivity index (χ1n) is 4.98. The van der Waals surface area contributed by atoms with E-state index in [0.29, 0.717) is 4.47 Å². The summed E-state index contributed by atoms with van der Waals surface area (Å²) in [5.74, 6) is -1.31. The summed E-state index contributed by atoms with van der Waals surface area (Å²) in [6.45, 7) is 0.171. The Labute approximate surface area is 107 Å². The molecule has 0 bridgehead atoms. The Balaban J connectivity index is 2.58. The van der Waals surface area contributed by atoms with Gasteiger partial charge in [0.2, 0.25) is 5.91 Å². The molecule has 4 nitrogen and oxygen atoms in total. The van der Waals surface area contributed by atoms with E-state index in [1.165, 1.54) is 25.2 Å². The maximum atomic E-state index is 13.3. The first kappa shape index (κ1) is 13.6. The summed E-state index contributed by atoms with van der Waals surface area (Å²) in [4.78, 5) is 22.5. The van der Waals surface area contributed by atoms with E-state index in [-0.39, 0.29) is 24.4 Å². The van der Waals surface area contributed by atoms with Crippen LogP contribution in [0.3, 0.4) is 0 Å². The van der Waals surface area contributed by atoms with Gasteiger partial charge in [0.1, 0.15) is 5.82 Å². The van der Waals surface area contributed by atoms with E-state index in [1.807, 2.05) is 0 Å². The van der Waals surface area contributed by atoms with Crippen LogP contribution >= 0.6 is 15.9 Å². The topological polar surface area (TPSA) is 58.2 Å². The van der Waals surface area contributed by atoms with Gasteiger partial charge in [0.15, 0.2) is 0 Å². The van der Waals surface area contributed by atoms with Gasteiger partial charge < -0.3 is 10.6 Å². The number of benzene rings is 1. The molecule has 1 aromatic carbocycles. The fraction of sp³-hybridized carbons (Fsp3) is 0.273. The molecule has 0 radical (unpaired) electrons. The minimum Gasteiger partial charge on any atom is -0.359 e. The second-order valence-corrected chi connectivity index (χ2v) is 4.22. The summed E-state index contributed by atoms with van der Waals surface area (Å²) in [5.41, 5.74) is -0.0451. The van der Waals surface area contributed by atoms with Crippen LogP contribution in [0, 0.1) is 5.82 Å². The average molecular weight is 303 g/mol. The standard InChI is InChI=1S/C11H12BrFN2O2/c1-14-10(16)4-5-15-11(17)8-6-7(12)2-3-9(8)13/h2-3,6H,4-5H2,1H3,(H,14,16)(H,15,17). The molecule has 0 saturated carbocycles. The minimum absolute atomic E-state index is 0.0451. The number of rotatable bonds is 4. The van der Waals surface area contributed by atoms with Crippen LogP contribution < -0.4 is 10.6 Å². The van der Waals surface area contributed by atoms with Gasteiger partial charge >= 0.3 is 0 Å². The molecule has 0 aromatic heterocycles. The summed E-state index contributed by atoms with van der Waals surface area (Å²) in [7, 11) is 1.51. The number of carbonyl (C=O) groups excluding carboxylic acids is 2. The van der Waals surface area contributed by atoms with E-state index in [9.17, 15) is 14.0 Å². The second kappa shape index (κ2) is 6.34. The molecule has 0 aliphatic rings. The molecule has 0 saturated heterocycles. The summed E-state index contributed by atoms with van der Waals surface area (Å²) in [6, 6.07) is 4.11. The summed E-state index contributed by atoms with van der Waals surface area (Å²) in [5, 5.41) is 4.90. The Morgan fingerprint density at radius 1 is 1.41 bits per heavy atom. The molecule has 0 spiro atoms. The zero-order valence-corrected chi connectivity index (χ0v) is 10.8. The molecule has 0 atom stereocenters. The van der Waals surface area contributed by atoms with Crippen molar-refractivity contribution in [2.75, 3.05) is 13.6 Å². The minimum atomic E-state index is -0.592. The van der Waals surface area contributed by atoms with E-state index >= 15 is 0 Å². The van der Waals surface area contributed by atoms with Crippen molar-refractivity contribution in [2.45, 2.75) is 6.42 Å². The Kier molecular flexibility index (Phi) is 5.09. The summed E-state index contributed by atoms with van der Waals surface area (Å²) < 4.78 is 13.9. The van der Waals surface area contributed by atoms with E-state index < -0.39 is 11.7 Å². The molecule has 0 aliphatic carbocycles. The lowest BCUT2D eigenvalue weighted by Crippen LogP contribution is -2.29. The van der Waals surface area contributed by atoms with Crippen molar-refractivity contribution >= 4 is 27.7 Å². The lowest BCUT2D eigenvalue weighted by molar-refractivity contribution is -0.120. The molecule has 2 amide bonds. The molecule has 0 heterocycles. The molecule has 0 aliphatic heterocycles. The van der Waals surface area contributed by atoms with Gasteiger partial charge in [-0.3, -0.25) is 9.59 Å². The van der Waals surface area contributed by atoms with Crippen molar-refractivity contribution in [2.24, 2.45) is 0 Å². The second-order valence-electron chi connectivity index (χ2n) is 3.30. The van der Waals surface area contributed by atoms with Gasteiger partial charge in [-0.15, -0.1) is 0 Å². The summed E-state index contributed by atoms with van der Waals surface area (Å²) >= 11 is 3.16. The largest absolute Gasteiger partial charge is 0.359 e. The van der Waals surface area contributed by atoms with Crippen LogP contribution in [0.25, 0.3) is 0 Å². The van der Waals surface area contributed by atoms with Gasteiger partial charge in [0.25, 0.3) is 5.91 Å². The van der Waals surface area contributed by atoms with Crippen LogP contribution in [0.1, 0.15) is 16.8 Å². The number of hydrogen-bond donors (Lipinski definition) is 2. The van der Waals surface area contributed by atoms with E-state index in [4.69, 9.17) is 0 Å². The van der Waals surface area contributed by atoms with E-state index in [2.05, 4.69) is 26.6 Å². The normalized spacial score (nSPS) is 9.82. The van der Waals surface area contributed by atoms with Crippen LogP contribution in [0.2, 0.25) is 0 Å². The lowest BCUT2D eigenvalue weighted by Gasteiger charge is -2.06. The number of nitrogens with one attached hydrogen (secondary N) is 2. The smallest absolute Gasteiger partial charge is 0.254 e. The van der Waals surface area contributed by atoms with Gasteiger partial charge in [-0.25, -0.2) is 4.39 Å². The van der Waals surface area contributed by atoms with Crippen LogP contribution in [0.5, 0.6) is 0 Å². The highest BCUT2D eigenvalue weighted by molar-refractivity contribution is 9.10. The van der Waals surface area contributed by atoms with Crippen molar-refractivity contribution in [1.82, 2.24) is 10.6 Å². The maximum Gasteiger partial charge on any atom is 0.254 e. The van der Waals surface area contributed by atoms with Crippen LogP contribution in [-0.2, 0) is 4.79 Å². The van der Waals surface area contributed by atoms with Crippen LogP contribution in [0.15, 0.2) is 22.7 Å². The lowest BCUT2D eigenvalue weighted by atomic mass is 10.2. The zero-order valence-electron chi connectivity index (χ0n) is 9.22. The fourth-order valence-corrected chi connectivity index (χ4v) is 1.54. The van der Waals surface area contributed by atoms with Gasteiger partial charge in [-0.1, -0.05) is 15.9 Å². The first-order valence-corrected chi connectivity index (χ1v) is 5.77. The van der Waals surface area contributed by atoms with Crippen molar-refractivity contribution in [3.05, 3.63) is 34.1 Å². The number of carbonyl (C=O) groups is 2. The van der Waals surface area contributed by atoms with Gasteiger partial charge in [-0.05, 0) is 18.2 Å². The predicted molar refractivity (Wildman–Crippen MR) is 65.1 cm³/mol. The van der Waals surface area contributed by atoms with E-state index in [1.54, 1.807) is 0 Å². The molecule has 92 valence electrons. The SMILES string of the molecule is CNC(=O)CCNC(=O)c1cc(Br)ccc1F. The molecule has 1 rings (SSSR count). The average Bonchev–Trinajstić information content (AvgIpc) is 2.31. The molecular formula is C11H12BrFN2O2. The Morgan fingerprint density at radius 3 is 2.76 bits per heavy atom. The van der Waals surface area contributed by atoms with Crippen LogP contribution in [0.4, 0.5) is 4.39 Å². The number of halogens is 2.